The largest absolute Gasteiger partial charge is 0.494 e. The minimum atomic E-state index is -0.389. The molecule has 0 aliphatic carbocycles. The van der Waals surface area contributed by atoms with Crippen LogP contribution in [0.3, 0.4) is 0 Å². The van der Waals surface area contributed by atoms with Gasteiger partial charge in [-0.05, 0) is 55.0 Å². The highest BCUT2D eigenvalue weighted by Gasteiger charge is 2.09. The molecular formula is C20H24N4O3S. The highest BCUT2D eigenvalue weighted by molar-refractivity contribution is 7.80. The van der Waals surface area contributed by atoms with Gasteiger partial charge in [-0.3, -0.25) is 30.7 Å². The van der Waals surface area contributed by atoms with Gasteiger partial charge in [0.2, 0.25) is 0 Å². The molecule has 148 valence electrons. The maximum Gasteiger partial charge on any atom is 0.269 e. The Balaban J connectivity index is 1.74. The number of carbonyl (C=O) groups excluding carboxylic acids is 2. The minimum absolute atomic E-state index is 0.0105. The summed E-state index contributed by atoms with van der Waals surface area (Å²) in [6.45, 7) is 2.83. The third-order valence-corrected chi connectivity index (χ3v) is 4.05. The molecule has 0 spiro atoms. The van der Waals surface area contributed by atoms with Crippen LogP contribution in [0.15, 0.2) is 48.8 Å². The summed E-state index contributed by atoms with van der Waals surface area (Å²) < 4.78 is 5.65. The van der Waals surface area contributed by atoms with Crippen molar-refractivity contribution in [3.63, 3.8) is 0 Å². The van der Waals surface area contributed by atoms with E-state index in [0.29, 0.717) is 17.7 Å². The summed E-state index contributed by atoms with van der Waals surface area (Å²) in [6.07, 6.45) is 7.58. The maximum absolute atomic E-state index is 12.2. The average molecular weight is 401 g/mol. The minimum Gasteiger partial charge on any atom is -0.494 e. The van der Waals surface area contributed by atoms with Gasteiger partial charge in [0.05, 0.1) is 6.61 Å². The molecule has 2 aromatic rings. The highest BCUT2D eigenvalue weighted by Crippen LogP contribution is 2.13. The number of unbranched alkanes of at least 4 members (excludes halogenated alkanes) is 3. The fraction of sp³-hybridized carbons (Fsp3) is 0.300. The number of thiocarbonyl (C=S) groups is 1. The number of benzene rings is 1. The van der Waals surface area contributed by atoms with Crippen molar-refractivity contribution in [3.05, 3.63) is 59.9 Å². The summed E-state index contributed by atoms with van der Waals surface area (Å²) >= 11 is 5.02. The molecule has 2 rings (SSSR count). The third-order valence-electron chi connectivity index (χ3n) is 3.84. The van der Waals surface area contributed by atoms with Crippen molar-refractivity contribution in [3.8, 4) is 5.75 Å². The lowest BCUT2D eigenvalue weighted by molar-refractivity contribution is 0.0934. The Hall–Kier alpha value is -3.00. The van der Waals surface area contributed by atoms with E-state index in [1.807, 2.05) is 0 Å². The first-order valence-electron chi connectivity index (χ1n) is 9.14. The van der Waals surface area contributed by atoms with E-state index in [9.17, 15) is 9.59 Å². The lowest BCUT2D eigenvalue weighted by Gasteiger charge is -2.11. The van der Waals surface area contributed by atoms with Crippen LogP contribution < -0.4 is 20.9 Å². The molecule has 1 aromatic carbocycles. The van der Waals surface area contributed by atoms with Gasteiger partial charge in [-0.2, -0.15) is 0 Å². The number of amides is 2. The SMILES string of the molecule is CCCCCCOc1ccc(C(=O)NC(=S)NNC(=O)c2ccncc2)cc1. The Bertz CT molecular complexity index is 782. The Morgan fingerprint density at radius 1 is 0.929 bits per heavy atom. The van der Waals surface area contributed by atoms with Gasteiger partial charge < -0.3 is 4.74 Å². The van der Waals surface area contributed by atoms with Crippen LogP contribution in [0.4, 0.5) is 0 Å². The number of hydrogen-bond acceptors (Lipinski definition) is 5. The molecule has 28 heavy (non-hydrogen) atoms. The molecule has 7 nitrogen and oxygen atoms in total. The van der Waals surface area contributed by atoms with E-state index < -0.39 is 0 Å². The topological polar surface area (TPSA) is 92.4 Å². The fourth-order valence-corrected chi connectivity index (χ4v) is 2.46. The molecule has 0 saturated carbocycles. The first-order chi connectivity index (χ1) is 13.6. The quantitative estimate of drug-likeness (QED) is 0.358. The molecule has 2 amide bonds. The highest BCUT2D eigenvalue weighted by atomic mass is 32.1. The molecular weight excluding hydrogens is 376 g/mol. The van der Waals surface area contributed by atoms with Gasteiger partial charge in [-0.25, -0.2) is 0 Å². The van der Waals surface area contributed by atoms with Crippen LogP contribution in [-0.4, -0.2) is 28.5 Å². The lowest BCUT2D eigenvalue weighted by Crippen LogP contribution is -2.48. The molecule has 0 saturated heterocycles. The van der Waals surface area contributed by atoms with Crippen LogP contribution in [-0.2, 0) is 0 Å². The van der Waals surface area contributed by atoms with Gasteiger partial charge in [0.15, 0.2) is 5.11 Å². The molecule has 1 aromatic heterocycles. The number of carbonyl (C=O) groups is 2. The number of nitrogens with one attached hydrogen (secondary N) is 3. The predicted octanol–water partition coefficient (Wildman–Crippen LogP) is 2.99. The molecule has 1 heterocycles. The van der Waals surface area contributed by atoms with Gasteiger partial charge in [0.1, 0.15) is 5.75 Å². The first-order valence-corrected chi connectivity index (χ1v) is 9.55. The molecule has 0 atom stereocenters. The Morgan fingerprint density at radius 3 is 2.29 bits per heavy atom. The zero-order valence-corrected chi connectivity index (χ0v) is 16.6. The molecule has 0 unspecified atom stereocenters. The zero-order chi connectivity index (χ0) is 20.2. The third kappa shape index (κ3) is 7.32. The first kappa shape index (κ1) is 21.3. The summed E-state index contributed by atoms with van der Waals surface area (Å²) in [7, 11) is 0. The lowest BCUT2D eigenvalue weighted by atomic mass is 10.2. The Kier molecular flexibility index (Phi) is 8.87. The van der Waals surface area contributed by atoms with Crippen LogP contribution in [0.1, 0.15) is 53.3 Å². The summed E-state index contributed by atoms with van der Waals surface area (Å²) in [5.41, 5.74) is 5.75. The number of hydrogen-bond donors (Lipinski definition) is 3. The number of rotatable bonds is 8. The molecule has 3 N–H and O–H groups in total. The second kappa shape index (κ2) is 11.7. The number of nitrogens with zero attached hydrogens (tertiary/aromatic N) is 1. The van der Waals surface area contributed by atoms with E-state index in [4.69, 9.17) is 17.0 Å². The summed E-state index contributed by atoms with van der Waals surface area (Å²) in [4.78, 5) is 28.0. The van der Waals surface area contributed by atoms with E-state index >= 15 is 0 Å². The van der Waals surface area contributed by atoms with E-state index in [2.05, 4.69) is 28.1 Å². The molecule has 0 fully saturated rings. The number of aromatic nitrogens is 1. The van der Waals surface area contributed by atoms with Crippen molar-refractivity contribution >= 4 is 29.1 Å². The number of ether oxygens (including phenoxy) is 1. The van der Waals surface area contributed by atoms with Crippen molar-refractivity contribution in [1.82, 2.24) is 21.2 Å². The van der Waals surface area contributed by atoms with Crippen molar-refractivity contribution in [2.75, 3.05) is 6.61 Å². The van der Waals surface area contributed by atoms with Crippen molar-refractivity contribution in [2.45, 2.75) is 32.6 Å². The zero-order valence-electron chi connectivity index (χ0n) is 15.7. The smallest absolute Gasteiger partial charge is 0.269 e. The van der Waals surface area contributed by atoms with Gasteiger partial charge in [0.25, 0.3) is 11.8 Å². The molecule has 8 heteroatoms. The molecule has 0 aliphatic heterocycles. The summed E-state index contributed by atoms with van der Waals surface area (Å²) in [5, 5.41) is 2.49. The predicted molar refractivity (Wildman–Crippen MR) is 111 cm³/mol. The van der Waals surface area contributed by atoms with Crippen LogP contribution in [0, 0.1) is 0 Å². The summed E-state index contributed by atoms with van der Waals surface area (Å²) in [6, 6.07) is 9.94. The fourth-order valence-electron chi connectivity index (χ4n) is 2.32. The van der Waals surface area contributed by atoms with Gasteiger partial charge >= 0.3 is 0 Å². The molecule has 0 radical (unpaired) electrons. The number of hydrazine groups is 1. The Labute approximate surface area is 169 Å². The molecule has 0 bridgehead atoms. The van der Waals surface area contributed by atoms with E-state index in [0.717, 1.165) is 18.6 Å². The van der Waals surface area contributed by atoms with Crippen molar-refractivity contribution in [2.24, 2.45) is 0 Å². The second-order valence-corrected chi connectivity index (χ2v) is 6.44. The van der Waals surface area contributed by atoms with Crippen LogP contribution in [0.25, 0.3) is 0 Å². The maximum atomic E-state index is 12.2. The summed E-state index contributed by atoms with van der Waals surface area (Å²) in [5.74, 6) is -0.0528. The van der Waals surface area contributed by atoms with Gasteiger partial charge in [0, 0.05) is 23.5 Å². The average Bonchev–Trinajstić information content (AvgIpc) is 2.73. The molecule has 0 aliphatic rings. The van der Waals surface area contributed by atoms with Gasteiger partial charge in [-0.15, -0.1) is 0 Å². The van der Waals surface area contributed by atoms with Crippen LogP contribution >= 0.6 is 12.2 Å². The van der Waals surface area contributed by atoms with Crippen LogP contribution in [0.2, 0.25) is 0 Å². The van der Waals surface area contributed by atoms with Gasteiger partial charge in [-0.1, -0.05) is 26.2 Å². The van der Waals surface area contributed by atoms with E-state index in [-0.39, 0.29) is 16.9 Å². The van der Waals surface area contributed by atoms with Crippen molar-refractivity contribution in [1.29, 1.82) is 0 Å². The van der Waals surface area contributed by atoms with E-state index in [1.165, 1.54) is 25.2 Å². The normalized spacial score (nSPS) is 10.0. The van der Waals surface area contributed by atoms with Crippen LogP contribution in [0.5, 0.6) is 5.75 Å². The van der Waals surface area contributed by atoms with E-state index in [1.54, 1.807) is 36.4 Å². The second-order valence-electron chi connectivity index (χ2n) is 6.03. The number of pyridine rings is 1. The van der Waals surface area contributed by atoms with Crippen molar-refractivity contribution < 1.29 is 14.3 Å². The standard InChI is InChI=1S/C20H24N4O3S/c1-2-3-4-5-14-27-17-8-6-15(7-9-17)18(25)22-20(28)24-23-19(26)16-10-12-21-13-11-16/h6-13H,2-5,14H2,1H3,(H,23,26)(H2,22,24,25,28). The monoisotopic (exact) mass is 400 g/mol. The Morgan fingerprint density at radius 2 is 1.61 bits per heavy atom.